The van der Waals surface area contributed by atoms with E-state index in [1.165, 1.54) is 11.8 Å². The standard InChI is InChI=1S/C16H21N4O3S/c1-4-9-23-16(22)20(3)11-13(24-12(2)21)10-15(20)18-7-8-19-14(18)5-6-17-19/h4-8,13,15H,1,9-11H2,2-3H3/q+1/t13-,15-,20?/m0/s1. The molecular weight excluding hydrogens is 328 g/mol. The Morgan fingerprint density at radius 3 is 3.04 bits per heavy atom. The number of aromatic nitrogens is 3. The summed E-state index contributed by atoms with van der Waals surface area (Å²) in [6.45, 7) is 5.87. The average molecular weight is 349 g/mol. The van der Waals surface area contributed by atoms with E-state index in [9.17, 15) is 9.59 Å². The normalized spacial score (nSPS) is 26.6. The minimum Gasteiger partial charge on any atom is -0.416 e. The molecule has 128 valence electrons. The number of thioether (sulfide) groups is 1. The first-order valence-electron chi connectivity index (χ1n) is 7.76. The third-order valence-electron chi connectivity index (χ3n) is 4.39. The molecule has 3 heterocycles. The van der Waals surface area contributed by atoms with Gasteiger partial charge in [0.15, 0.2) is 11.3 Å². The first-order chi connectivity index (χ1) is 11.5. The van der Waals surface area contributed by atoms with Gasteiger partial charge < -0.3 is 4.74 Å². The Hall–Kier alpha value is -2.06. The van der Waals surface area contributed by atoms with Crippen molar-refractivity contribution in [1.29, 1.82) is 0 Å². The van der Waals surface area contributed by atoms with Crippen LogP contribution in [-0.2, 0) is 9.53 Å². The molecule has 0 aromatic carbocycles. The molecule has 3 rings (SSSR count). The van der Waals surface area contributed by atoms with E-state index < -0.39 is 0 Å². The summed E-state index contributed by atoms with van der Waals surface area (Å²) in [6, 6.07) is 1.91. The van der Waals surface area contributed by atoms with Crippen molar-refractivity contribution < 1.29 is 18.8 Å². The molecule has 1 aliphatic rings. The predicted octanol–water partition coefficient (Wildman–Crippen LogP) is 2.46. The molecule has 24 heavy (non-hydrogen) atoms. The Balaban J connectivity index is 1.96. The summed E-state index contributed by atoms with van der Waals surface area (Å²) in [7, 11) is 1.86. The van der Waals surface area contributed by atoms with Crippen LogP contribution in [0.15, 0.2) is 37.3 Å². The van der Waals surface area contributed by atoms with Gasteiger partial charge in [0, 0.05) is 31.8 Å². The van der Waals surface area contributed by atoms with Crippen LogP contribution in [0.25, 0.3) is 5.65 Å². The van der Waals surface area contributed by atoms with Gasteiger partial charge in [-0.3, -0.25) is 9.36 Å². The summed E-state index contributed by atoms with van der Waals surface area (Å²) in [6.07, 6.45) is 7.32. The lowest BCUT2D eigenvalue weighted by Gasteiger charge is -2.32. The van der Waals surface area contributed by atoms with Crippen LogP contribution < -0.4 is 0 Å². The van der Waals surface area contributed by atoms with Gasteiger partial charge in [-0.15, -0.1) is 0 Å². The molecule has 0 saturated carbocycles. The number of hydrogen-bond acceptors (Lipinski definition) is 5. The van der Waals surface area contributed by atoms with E-state index in [-0.39, 0.29) is 33.7 Å². The van der Waals surface area contributed by atoms with Crippen molar-refractivity contribution in [2.75, 3.05) is 20.2 Å². The van der Waals surface area contributed by atoms with E-state index in [1.54, 1.807) is 23.7 Å². The van der Waals surface area contributed by atoms with Crippen LogP contribution in [0.4, 0.5) is 4.79 Å². The first-order valence-corrected chi connectivity index (χ1v) is 8.64. The number of quaternary nitrogens is 1. The summed E-state index contributed by atoms with van der Waals surface area (Å²) >= 11 is 1.30. The van der Waals surface area contributed by atoms with Crippen molar-refractivity contribution in [3.8, 4) is 0 Å². The smallest absolute Gasteiger partial charge is 0.416 e. The Bertz CT molecular complexity index is 783. The number of carbonyl (C=O) groups is 2. The third-order valence-corrected chi connectivity index (χ3v) is 5.40. The van der Waals surface area contributed by atoms with Crippen LogP contribution in [0, 0.1) is 0 Å². The molecule has 7 nitrogen and oxygen atoms in total. The average Bonchev–Trinajstić information content (AvgIpc) is 3.19. The molecule has 0 N–H and O–H groups in total. The minimum atomic E-state index is -0.307. The number of nitrogens with zero attached hydrogens (tertiary/aromatic N) is 4. The van der Waals surface area contributed by atoms with E-state index in [0.29, 0.717) is 13.0 Å². The number of amides is 1. The summed E-state index contributed by atoms with van der Waals surface area (Å²) < 4.78 is 9.24. The Morgan fingerprint density at radius 1 is 1.54 bits per heavy atom. The monoisotopic (exact) mass is 349 g/mol. The highest BCUT2D eigenvalue weighted by Gasteiger charge is 2.52. The lowest BCUT2D eigenvalue weighted by molar-refractivity contribution is -0.865. The topological polar surface area (TPSA) is 65.6 Å². The molecule has 1 aliphatic heterocycles. The van der Waals surface area contributed by atoms with E-state index in [4.69, 9.17) is 4.74 Å². The van der Waals surface area contributed by atoms with Gasteiger partial charge in [0.1, 0.15) is 18.8 Å². The Labute approximate surface area is 144 Å². The van der Waals surface area contributed by atoms with Crippen molar-refractivity contribution >= 4 is 28.6 Å². The highest BCUT2D eigenvalue weighted by atomic mass is 32.2. The van der Waals surface area contributed by atoms with E-state index >= 15 is 0 Å². The van der Waals surface area contributed by atoms with E-state index in [1.807, 2.05) is 30.1 Å². The highest BCUT2D eigenvalue weighted by Crippen LogP contribution is 2.40. The van der Waals surface area contributed by atoms with Crippen molar-refractivity contribution in [3.05, 3.63) is 37.3 Å². The molecule has 3 atom stereocenters. The van der Waals surface area contributed by atoms with Gasteiger partial charge in [0.2, 0.25) is 0 Å². The number of fused-ring (bicyclic) bond motifs is 1. The van der Waals surface area contributed by atoms with Gasteiger partial charge in [0.25, 0.3) is 0 Å². The second-order valence-corrected chi connectivity index (χ2v) is 7.58. The van der Waals surface area contributed by atoms with E-state index in [0.717, 1.165) is 5.65 Å². The number of ether oxygens (including phenoxy) is 1. The van der Waals surface area contributed by atoms with Gasteiger partial charge in [-0.1, -0.05) is 24.4 Å². The van der Waals surface area contributed by atoms with Crippen LogP contribution in [-0.4, -0.2) is 55.3 Å². The molecule has 0 spiro atoms. The summed E-state index contributed by atoms with van der Waals surface area (Å²) in [4.78, 5) is 24.2. The molecular formula is C16H21N4O3S+. The summed E-state index contributed by atoms with van der Waals surface area (Å²) in [5.41, 5.74) is 0.911. The molecule has 1 fully saturated rings. The zero-order valence-corrected chi connectivity index (χ0v) is 14.6. The van der Waals surface area contributed by atoms with E-state index in [2.05, 4.69) is 11.7 Å². The number of likely N-dealkylation sites (tertiary alicyclic amines) is 1. The van der Waals surface area contributed by atoms with Crippen LogP contribution in [0.2, 0.25) is 0 Å². The number of imidazole rings is 1. The maximum Gasteiger partial charge on any atom is 0.517 e. The zero-order chi connectivity index (χ0) is 17.3. The SMILES string of the molecule is C=CCOC(=O)[N+]1(C)C[C@@H](SC(C)=O)C[C@H]1n1ccn2nccc12. The molecule has 2 aromatic rings. The quantitative estimate of drug-likeness (QED) is 0.627. The van der Waals surface area contributed by atoms with Crippen molar-refractivity contribution in [2.24, 2.45) is 0 Å². The van der Waals surface area contributed by atoms with Crippen molar-refractivity contribution in [3.63, 3.8) is 0 Å². The lowest BCUT2D eigenvalue weighted by atomic mass is 10.3. The Kier molecular flexibility index (Phi) is 4.51. The van der Waals surface area contributed by atoms with Gasteiger partial charge in [-0.25, -0.2) is 9.00 Å². The maximum atomic E-state index is 12.7. The summed E-state index contributed by atoms with van der Waals surface area (Å²) in [5.74, 6) is 0. The fourth-order valence-corrected chi connectivity index (χ4v) is 4.48. The molecule has 1 saturated heterocycles. The molecule has 1 amide bonds. The largest absolute Gasteiger partial charge is 0.517 e. The number of hydrogen-bond donors (Lipinski definition) is 0. The minimum absolute atomic E-state index is 0.0636. The zero-order valence-electron chi connectivity index (χ0n) is 13.8. The maximum absolute atomic E-state index is 12.7. The molecule has 0 bridgehead atoms. The van der Waals surface area contributed by atoms with Gasteiger partial charge in [-0.05, 0) is 0 Å². The Morgan fingerprint density at radius 2 is 2.33 bits per heavy atom. The second-order valence-electron chi connectivity index (χ2n) is 6.10. The molecule has 0 aliphatic carbocycles. The molecule has 2 aromatic heterocycles. The van der Waals surface area contributed by atoms with Crippen molar-refractivity contribution in [2.45, 2.75) is 24.8 Å². The van der Waals surface area contributed by atoms with Gasteiger partial charge in [0.05, 0.1) is 18.5 Å². The first kappa shape index (κ1) is 16.8. The van der Waals surface area contributed by atoms with Gasteiger partial charge >= 0.3 is 6.09 Å². The predicted molar refractivity (Wildman–Crippen MR) is 91.5 cm³/mol. The van der Waals surface area contributed by atoms with Crippen LogP contribution in [0.1, 0.15) is 19.5 Å². The lowest BCUT2D eigenvalue weighted by Crippen LogP contribution is -2.51. The molecule has 0 radical (unpaired) electrons. The summed E-state index contributed by atoms with van der Waals surface area (Å²) in [5, 5.41) is 4.35. The molecule has 8 heteroatoms. The third kappa shape index (κ3) is 2.87. The van der Waals surface area contributed by atoms with Gasteiger partial charge in [-0.2, -0.15) is 9.89 Å². The van der Waals surface area contributed by atoms with Crippen LogP contribution in [0.5, 0.6) is 0 Å². The van der Waals surface area contributed by atoms with Crippen LogP contribution in [0.3, 0.4) is 0 Å². The fourth-order valence-electron chi connectivity index (χ4n) is 3.36. The second kappa shape index (κ2) is 6.45. The highest BCUT2D eigenvalue weighted by molar-refractivity contribution is 8.14. The van der Waals surface area contributed by atoms with Crippen LogP contribution >= 0.6 is 11.8 Å². The number of carbonyl (C=O) groups excluding carboxylic acids is 2. The number of rotatable bonds is 4. The fraction of sp³-hybridized carbons (Fsp3) is 0.438. The molecule has 1 unspecified atom stereocenters. The van der Waals surface area contributed by atoms with Crippen molar-refractivity contribution in [1.82, 2.24) is 14.2 Å².